The Bertz CT molecular complexity index is 1420. The Labute approximate surface area is 224 Å². The van der Waals surface area contributed by atoms with Crippen LogP contribution in [0, 0.1) is 23.2 Å². The molecule has 6 atom stereocenters. The third-order valence-corrected chi connectivity index (χ3v) is 10.2. The fourth-order valence-electron chi connectivity index (χ4n) is 7.78. The number of fused-ring (bicyclic) bond motifs is 5. The van der Waals surface area contributed by atoms with Crippen molar-refractivity contribution >= 4 is 22.0 Å². The van der Waals surface area contributed by atoms with Gasteiger partial charge in [-0.15, -0.1) is 6.58 Å². The molecule has 2 aromatic carbocycles. The lowest BCUT2D eigenvalue weighted by Crippen LogP contribution is -2.52. The zero-order valence-electron chi connectivity index (χ0n) is 22.1. The summed E-state index contributed by atoms with van der Waals surface area (Å²) in [5, 5.41) is 5.24. The van der Waals surface area contributed by atoms with Gasteiger partial charge in [0.25, 0.3) is 0 Å². The van der Waals surface area contributed by atoms with Crippen molar-refractivity contribution in [2.45, 2.75) is 69.3 Å². The van der Waals surface area contributed by atoms with E-state index in [0.717, 1.165) is 32.1 Å². The van der Waals surface area contributed by atoms with Gasteiger partial charge in [0.15, 0.2) is 0 Å². The highest BCUT2D eigenvalue weighted by atomic mass is 32.2. The van der Waals surface area contributed by atoms with Gasteiger partial charge in [-0.3, -0.25) is 4.79 Å². The van der Waals surface area contributed by atoms with Crippen LogP contribution in [0.1, 0.15) is 67.9 Å². The first-order chi connectivity index (χ1) is 17.9. The third-order valence-electron chi connectivity index (χ3n) is 9.27. The molecule has 0 spiro atoms. The first kappa shape index (κ1) is 26.6. The molecule has 0 aromatic heterocycles. The number of esters is 2. The second kappa shape index (κ2) is 9.35. The zero-order valence-corrected chi connectivity index (χ0v) is 22.9. The first-order valence-electron chi connectivity index (χ1n) is 13.2. The quantitative estimate of drug-likeness (QED) is 0.329. The maximum Gasteiger partial charge on any atom is 0.338 e. The van der Waals surface area contributed by atoms with Crippen LogP contribution in [0.3, 0.4) is 0 Å². The van der Waals surface area contributed by atoms with Crippen molar-refractivity contribution in [2.75, 3.05) is 0 Å². The van der Waals surface area contributed by atoms with Crippen molar-refractivity contribution < 1.29 is 27.5 Å². The molecule has 0 radical (unpaired) electrons. The fourth-order valence-corrected chi connectivity index (χ4v) is 8.34. The lowest BCUT2D eigenvalue weighted by molar-refractivity contribution is -0.131. The number of carbonyl (C=O) groups is 2. The van der Waals surface area contributed by atoms with Crippen LogP contribution in [-0.2, 0) is 31.4 Å². The van der Waals surface area contributed by atoms with Crippen LogP contribution in [0.25, 0.3) is 0 Å². The molecule has 3 unspecified atom stereocenters. The van der Waals surface area contributed by atoms with Gasteiger partial charge in [0, 0.05) is 12.3 Å². The highest BCUT2D eigenvalue weighted by Gasteiger charge is 2.60. The number of hydrogen-bond donors (Lipinski definition) is 1. The van der Waals surface area contributed by atoms with E-state index in [1.54, 1.807) is 6.07 Å². The molecule has 0 saturated heterocycles. The van der Waals surface area contributed by atoms with Gasteiger partial charge in [-0.25, -0.2) is 18.4 Å². The van der Waals surface area contributed by atoms with Crippen LogP contribution in [0.5, 0.6) is 5.75 Å². The van der Waals surface area contributed by atoms with Crippen LogP contribution in [-0.4, -0.2) is 26.5 Å². The number of nitrogens with two attached hydrogens (primary N) is 1. The van der Waals surface area contributed by atoms with E-state index < -0.39 is 16.0 Å². The Kier molecular flexibility index (Phi) is 6.55. The average Bonchev–Trinajstić information content (AvgIpc) is 3.18. The Morgan fingerprint density at radius 3 is 2.61 bits per heavy atom. The fraction of sp³-hybridized carbons (Fsp3) is 0.467. The topological polar surface area (TPSA) is 113 Å². The van der Waals surface area contributed by atoms with Gasteiger partial charge in [-0.2, -0.15) is 0 Å². The molecular formula is C30H35NO6S. The molecule has 5 rings (SSSR count). The molecule has 2 aromatic rings. The molecule has 2 saturated carbocycles. The summed E-state index contributed by atoms with van der Waals surface area (Å²) in [5.41, 5.74) is 2.46. The molecule has 0 aliphatic heterocycles. The lowest BCUT2D eigenvalue weighted by atomic mass is 9.46. The normalized spacial score (nSPS) is 31.9. The predicted molar refractivity (Wildman–Crippen MR) is 143 cm³/mol. The van der Waals surface area contributed by atoms with Crippen LogP contribution >= 0.6 is 0 Å². The number of carbonyl (C=O) groups excluding carboxylic acids is 2. The van der Waals surface area contributed by atoms with E-state index in [1.165, 1.54) is 36.2 Å². The smallest absolute Gasteiger partial charge is 0.338 e. The van der Waals surface area contributed by atoms with Gasteiger partial charge in [-0.1, -0.05) is 32.1 Å². The van der Waals surface area contributed by atoms with Gasteiger partial charge in [0.05, 0.1) is 10.5 Å². The first-order valence-corrected chi connectivity index (χ1v) is 14.7. The van der Waals surface area contributed by atoms with Crippen molar-refractivity contribution in [2.24, 2.45) is 28.3 Å². The maximum atomic E-state index is 13.0. The van der Waals surface area contributed by atoms with E-state index in [4.69, 9.17) is 14.6 Å². The van der Waals surface area contributed by atoms with E-state index in [2.05, 4.69) is 32.6 Å². The van der Waals surface area contributed by atoms with E-state index in [-0.39, 0.29) is 33.4 Å². The van der Waals surface area contributed by atoms with Gasteiger partial charge in [0.1, 0.15) is 11.9 Å². The van der Waals surface area contributed by atoms with Crippen LogP contribution in [0.4, 0.5) is 0 Å². The zero-order chi connectivity index (χ0) is 27.5. The minimum Gasteiger partial charge on any atom is -0.459 e. The van der Waals surface area contributed by atoms with Gasteiger partial charge in [0.2, 0.25) is 10.0 Å². The highest BCUT2D eigenvalue weighted by Crippen LogP contribution is 2.65. The molecule has 3 aliphatic carbocycles. The highest BCUT2D eigenvalue weighted by molar-refractivity contribution is 7.89. The van der Waals surface area contributed by atoms with E-state index in [0.29, 0.717) is 23.5 Å². The van der Waals surface area contributed by atoms with E-state index in [9.17, 15) is 18.0 Å². The molecule has 7 nitrogen and oxygen atoms in total. The summed E-state index contributed by atoms with van der Waals surface area (Å²) in [4.78, 5) is 24.4. The van der Waals surface area contributed by atoms with Crippen molar-refractivity contribution in [1.29, 1.82) is 0 Å². The molecule has 0 amide bonds. The van der Waals surface area contributed by atoms with Crippen molar-refractivity contribution in [1.82, 2.24) is 0 Å². The molecule has 2 N–H and O–H groups in total. The summed E-state index contributed by atoms with van der Waals surface area (Å²) < 4.78 is 34.8. The Balaban J connectivity index is 1.41. The van der Waals surface area contributed by atoms with E-state index in [1.807, 2.05) is 12.1 Å². The summed E-state index contributed by atoms with van der Waals surface area (Å²) in [6, 6.07) is 11.7. The van der Waals surface area contributed by atoms with Gasteiger partial charge >= 0.3 is 11.9 Å². The van der Waals surface area contributed by atoms with Crippen LogP contribution in [0.15, 0.2) is 60.0 Å². The molecule has 2 fully saturated rings. The minimum atomic E-state index is -3.92. The standard InChI is InChI=1S/C30H35NO6S/c1-5-30-12-11-29(4)17-23(37-28(33)20-7-6-8-24(15-20)38(31,34)35)16-26(29)27(30)18(2)13-21-14-22(36-19(3)32)9-10-25(21)30/h5-10,14-15,18,23,26-27H,1,11-13,16-17H2,2-4H3,(H2,31,34,35)/t18?,23-,26?,27?,29-,30-/m1/s1. The Hall–Kier alpha value is -2.97. The summed E-state index contributed by atoms with van der Waals surface area (Å²) >= 11 is 0. The summed E-state index contributed by atoms with van der Waals surface area (Å²) in [6.45, 7) is 10.3. The number of ether oxygens (including phenoxy) is 2. The predicted octanol–water partition coefficient (Wildman–Crippen LogP) is 4.93. The van der Waals surface area contributed by atoms with Crippen LogP contribution in [0.2, 0.25) is 0 Å². The summed E-state index contributed by atoms with van der Waals surface area (Å²) in [6.07, 6.45) is 6.20. The number of primary sulfonamides is 1. The molecule has 0 bridgehead atoms. The van der Waals surface area contributed by atoms with Crippen LogP contribution < -0.4 is 9.88 Å². The Morgan fingerprint density at radius 2 is 1.92 bits per heavy atom. The average molecular weight is 538 g/mol. The second-order valence-corrected chi connectivity index (χ2v) is 13.2. The number of benzene rings is 2. The van der Waals surface area contributed by atoms with Crippen molar-refractivity contribution in [3.63, 3.8) is 0 Å². The SMILES string of the molecule is C=C[C@]12CC[C@]3(C)C[C@H](OC(=O)c4cccc(S(N)(=O)=O)c4)CC3C1C(C)Cc1cc(OC(C)=O)ccc12. The monoisotopic (exact) mass is 537 g/mol. The maximum absolute atomic E-state index is 13.0. The van der Waals surface area contributed by atoms with Gasteiger partial charge in [-0.05, 0) is 96.7 Å². The number of allylic oxidation sites excluding steroid dienone is 1. The van der Waals surface area contributed by atoms with E-state index >= 15 is 0 Å². The number of rotatable bonds is 5. The van der Waals surface area contributed by atoms with Crippen molar-refractivity contribution in [3.05, 3.63) is 71.8 Å². The van der Waals surface area contributed by atoms with Gasteiger partial charge < -0.3 is 9.47 Å². The molecule has 3 aliphatic rings. The lowest BCUT2D eigenvalue weighted by Gasteiger charge is -2.57. The second-order valence-electron chi connectivity index (χ2n) is 11.7. The summed E-state index contributed by atoms with van der Waals surface area (Å²) in [5.74, 6) is 0.735. The largest absolute Gasteiger partial charge is 0.459 e. The molecular weight excluding hydrogens is 502 g/mol. The molecule has 202 valence electrons. The molecule has 0 heterocycles. The minimum absolute atomic E-state index is 0.0218. The van der Waals surface area contributed by atoms with Crippen molar-refractivity contribution in [3.8, 4) is 5.75 Å². The molecule has 8 heteroatoms. The summed E-state index contributed by atoms with van der Waals surface area (Å²) in [7, 11) is -3.92. The Morgan fingerprint density at radius 1 is 1.16 bits per heavy atom. The number of hydrogen-bond acceptors (Lipinski definition) is 6. The third kappa shape index (κ3) is 4.47. The number of sulfonamides is 1. The molecule has 38 heavy (non-hydrogen) atoms.